The van der Waals surface area contributed by atoms with E-state index in [1.165, 1.54) is 15.9 Å². The maximum absolute atomic E-state index is 13.2. The number of carbonyl (C=O) groups is 1. The number of halogens is 1. The lowest BCUT2D eigenvalue weighted by atomic mass is 10.1. The van der Waals surface area contributed by atoms with Crippen molar-refractivity contribution in [2.45, 2.75) is 32.7 Å². The summed E-state index contributed by atoms with van der Waals surface area (Å²) in [4.78, 5) is 30.0. The SMILES string of the molecule is CCc1nc2scc(-c3ccc(Cl)cc3)c2c(=O)n1C(CC)C(=O)O. The molecule has 0 aliphatic heterocycles. The topological polar surface area (TPSA) is 72.2 Å². The number of thiophene rings is 1. The van der Waals surface area contributed by atoms with Crippen LogP contribution in [-0.2, 0) is 11.2 Å². The van der Waals surface area contributed by atoms with Crippen molar-refractivity contribution in [3.05, 3.63) is 50.8 Å². The average Bonchev–Trinajstić information content (AvgIpc) is 3.01. The first-order valence-electron chi connectivity index (χ1n) is 7.99. The summed E-state index contributed by atoms with van der Waals surface area (Å²) in [6.07, 6.45) is 0.805. The molecule has 2 aromatic heterocycles. The second-order valence-corrected chi connectivity index (χ2v) is 6.95. The van der Waals surface area contributed by atoms with Crippen molar-refractivity contribution in [2.75, 3.05) is 0 Å². The number of hydrogen-bond acceptors (Lipinski definition) is 4. The molecule has 0 spiro atoms. The zero-order valence-corrected chi connectivity index (χ0v) is 15.4. The van der Waals surface area contributed by atoms with Crippen LogP contribution in [0.3, 0.4) is 0 Å². The van der Waals surface area contributed by atoms with E-state index in [2.05, 4.69) is 4.98 Å². The number of carboxylic acids is 1. The van der Waals surface area contributed by atoms with Gasteiger partial charge in [0.05, 0.1) is 5.39 Å². The number of fused-ring (bicyclic) bond motifs is 1. The Morgan fingerprint density at radius 3 is 2.56 bits per heavy atom. The molecule has 1 aromatic carbocycles. The molecule has 3 rings (SSSR count). The Morgan fingerprint density at radius 1 is 1.32 bits per heavy atom. The fraction of sp³-hybridized carbons (Fsp3) is 0.278. The smallest absolute Gasteiger partial charge is 0.326 e. The molecule has 130 valence electrons. The maximum Gasteiger partial charge on any atom is 0.326 e. The fourth-order valence-corrected chi connectivity index (χ4v) is 4.01. The van der Waals surface area contributed by atoms with Crippen LogP contribution < -0.4 is 5.56 Å². The molecule has 0 saturated heterocycles. The van der Waals surface area contributed by atoms with Crippen LogP contribution in [0.2, 0.25) is 5.02 Å². The van der Waals surface area contributed by atoms with E-state index in [9.17, 15) is 14.7 Å². The van der Waals surface area contributed by atoms with Gasteiger partial charge in [0.1, 0.15) is 16.7 Å². The van der Waals surface area contributed by atoms with Gasteiger partial charge in [0.15, 0.2) is 0 Å². The molecule has 1 atom stereocenters. The highest BCUT2D eigenvalue weighted by Crippen LogP contribution is 2.32. The van der Waals surface area contributed by atoms with Gasteiger partial charge in [0.25, 0.3) is 5.56 Å². The summed E-state index contributed by atoms with van der Waals surface area (Å²) >= 11 is 7.33. The van der Waals surface area contributed by atoms with Crippen LogP contribution in [0.1, 0.15) is 32.1 Å². The molecule has 1 unspecified atom stereocenters. The van der Waals surface area contributed by atoms with E-state index in [1.807, 2.05) is 24.4 Å². The predicted octanol–water partition coefficient (Wildman–Crippen LogP) is 4.38. The lowest BCUT2D eigenvalue weighted by Gasteiger charge is -2.17. The van der Waals surface area contributed by atoms with Crippen molar-refractivity contribution in [1.29, 1.82) is 0 Å². The summed E-state index contributed by atoms with van der Waals surface area (Å²) in [5, 5.41) is 12.5. The molecule has 5 nitrogen and oxygen atoms in total. The molecule has 0 aliphatic rings. The summed E-state index contributed by atoms with van der Waals surface area (Å²) in [5.41, 5.74) is 1.31. The number of rotatable bonds is 5. The van der Waals surface area contributed by atoms with Crippen molar-refractivity contribution in [2.24, 2.45) is 0 Å². The Hall–Kier alpha value is -2.18. The van der Waals surface area contributed by atoms with Crippen LogP contribution in [0, 0.1) is 0 Å². The summed E-state index contributed by atoms with van der Waals surface area (Å²) in [6, 6.07) is 6.29. The Morgan fingerprint density at radius 2 is 2.00 bits per heavy atom. The molecule has 25 heavy (non-hydrogen) atoms. The molecule has 2 heterocycles. The predicted molar refractivity (Wildman–Crippen MR) is 101 cm³/mol. The van der Waals surface area contributed by atoms with Crippen LogP contribution in [0.15, 0.2) is 34.4 Å². The van der Waals surface area contributed by atoms with Crippen molar-refractivity contribution in [3.63, 3.8) is 0 Å². The van der Waals surface area contributed by atoms with Crippen molar-refractivity contribution >= 4 is 39.1 Å². The van der Waals surface area contributed by atoms with Gasteiger partial charge in [-0.1, -0.05) is 37.6 Å². The Kier molecular flexibility index (Phi) is 4.92. The van der Waals surface area contributed by atoms with Gasteiger partial charge in [-0.2, -0.15) is 0 Å². The largest absolute Gasteiger partial charge is 0.480 e. The van der Waals surface area contributed by atoms with Gasteiger partial charge in [-0.25, -0.2) is 9.78 Å². The van der Waals surface area contributed by atoms with E-state index in [4.69, 9.17) is 11.6 Å². The lowest BCUT2D eigenvalue weighted by Crippen LogP contribution is -2.33. The van der Waals surface area contributed by atoms with Gasteiger partial charge in [-0.15, -0.1) is 11.3 Å². The number of aromatic nitrogens is 2. The van der Waals surface area contributed by atoms with E-state index in [1.54, 1.807) is 19.1 Å². The van der Waals surface area contributed by atoms with Crippen LogP contribution in [0.5, 0.6) is 0 Å². The number of nitrogens with zero attached hydrogens (tertiary/aromatic N) is 2. The van der Waals surface area contributed by atoms with E-state index in [0.717, 1.165) is 11.1 Å². The Bertz CT molecular complexity index is 992. The molecule has 0 bridgehead atoms. The van der Waals surface area contributed by atoms with Crippen LogP contribution in [0.4, 0.5) is 0 Å². The molecule has 3 aromatic rings. The van der Waals surface area contributed by atoms with Crippen molar-refractivity contribution in [1.82, 2.24) is 9.55 Å². The van der Waals surface area contributed by atoms with Crippen molar-refractivity contribution in [3.8, 4) is 11.1 Å². The number of hydrogen-bond donors (Lipinski definition) is 1. The summed E-state index contributed by atoms with van der Waals surface area (Å²) < 4.78 is 1.33. The van der Waals surface area contributed by atoms with Gasteiger partial charge in [0.2, 0.25) is 0 Å². The van der Waals surface area contributed by atoms with Crippen molar-refractivity contribution < 1.29 is 9.90 Å². The minimum Gasteiger partial charge on any atom is -0.480 e. The normalized spacial score (nSPS) is 12.4. The van der Waals surface area contributed by atoms with E-state index in [0.29, 0.717) is 33.9 Å². The first-order chi connectivity index (χ1) is 12.0. The lowest BCUT2D eigenvalue weighted by molar-refractivity contribution is -0.141. The molecular weight excluding hydrogens is 360 g/mol. The third-order valence-corrected chi connectivity index (χ3v) is 5.29. The fourth-order valence-electron chi connectivity index (χ4n) is 2.93. The van der Waals surface area contributed by atoms with Gasteiger partial charge in [-0.3, -0.25) is 9.36 Å². The summed E-state index contributed by atoms with van der Waals surface area (Å²) in [5.74, 6) is -0.528. The minimum atomic E-state index is -1.02. The summed E-state index contributed by atoms with van der Waals surface area (Å²) in [7, 11) is 0. The van der Waals surface area contributed by atoms with Gasteiger partial charge >= 0.3 is 5.97 Å². The standard InChI is InChI=1S/C18H17ClN2O3S/c1-3-13(18(23)24)21-14(4-2)20-16-15(17(21)22)12(9-25-16)10-5-7-11(19)8-6-10/h5-9,13H,3-4H2,1-2H3,(H,23,24). The second-order valence-electron chi connectivity index (χ2n) is 5.66. The van der Waals surface area contributed by atoms with Crippen LogP contribution in [-0.4, -0.2) is 20.6 Å². The van der Waals surface area contributed by atoms with E-state index < -0.39 is 12.0 Å². The first kappa shape index (κ1) is 17.6. The Labute approximate surface area is 153 Å². The Balaban J connectivity index is 2.32. The third kappa shape index (κ3) is 3.07. The highest BCUT2D eigenvalue weighted by atomic mass is 35.5. The van der Waals surface area contributed by atoms with E-state index >= 15 is 0 Å². The number of benzene rings is 1. The van der Waals surface area contributed by atoms with Gasteiger partial charge in [-0.05, 0) is 24.1 Å². The molecule has 0 aliphatic carbocycles. The molecule has 1 N–H and O–H groups in total. The number of aryl methyl sites for hydroxylation is 1. The zero-order chi connectivity index (χ0) is 18.1. The highest BCUT2D eigenvalue weighted by Gasteiger charge is 2.25. The quantitative estimate of drug-likeness (QED) is 0.717. The van der Waals surface area contributed by atoms with Gasteiger partial charge in [0, 0.05) is 22.4 Å². The molecule has 0 fully saturated rings. The monoisotopic (exact) mass is 376 g/mol. The second kappa shape index (κ2) is 6.98. The minimum absolute atomic E-state index is 0.303. The maximum atomic E-state index is 13.2. The van der Waals surface area contributed by atoms with Crippen LogP contribution in [0.25, 0.3) is 21.3 Å². The molecule has 7 heteroatoms. The average molecular weight is 377 g/mol. The molecule has 0 saturated carbocycles. The zero-order valence-electron chi connectivity index (χ0n) is 13.8. The molecular formula is C18H17ClN2O3S. The van der Waals surface area contributed by atoms with E-state index in [-0.39, 0.29) is 5.56 Å². The number of carboxylic acid groups (broad SMARTS) is 1. The third-order valence-electron chi connectivity index (χ3n) is 4.17. The van der Waals surface area contributed by atoms with Crippen LogP contribution >= 0.6 is 22.9 Å². The number of aliphatic carboxylic acids is 1. The highest BCUT2D eigenvalue weighted by molar-refractivity contribution is 7.17. The summed E-state index contributed by atoms with van der Waals surface area (Å²) in [6.45, 7) is 3.62. The molecule has 0 radical (unpaired) electrons. The van der Waals surface area contributed by atoms with Gasteiger partial charge < -0.3 is 5.11 Å². The first-order valence-corrected chi connectivity index (χ1v) is 9.25. The molecule has 0 amide bonds.